The average molecular weight is 1350 g/mol. The summed E-state index contributed by atoms with van der Waals surface area (Å²) >= 11 is 0. The first-order valence-corrected chi connectivity index (χ1v) is 32.3. The molecule has 0 saturated carbocycles. The van der Waals surface area contributed by atoms with Crippen LogP contribution in [0.15, 0.2) is 91.2 Å². The predicted octanol–water partition coefficient (Wildman–Crippen LogP) is 7.47. The number of ether oxygens (including phenoxy) is 6. The second-order valence-corrected chi connectivity index (χ2v) is 25.2. The van der Waals surface area contributed by atoms with Gasteiger partial charge in [0.15, 0.2) is 23.0 Å². The minimum atomic E-state index is -0.929. The molecule has 29 heteroatoms. The molecule has 3 aromatic carbocycles. The van der Waals surface area contributed by atoms with Gasteiger partial charge in [0.1, 0.15) is 23.9 Å². The lowest BCUT2D eigenvalue weighted by Gasteiger charge is -2.25. The summed E-state index contributed by atoms with van der Waals surface area (Å²) in [5, 5.41) is 42.7. The Hall–Kier alpha value is -10.0. The molecule has 4 aromatic rings. The first-order chi connectivity index (χ1) is 46.3. The maximum Gasteiger partial charge on any atom is 0.412 e. The summed E-state index contributed by atoms with van der Waals surface area (Å²) in [5.41, 5.74) is 7.60. The van der Waals surface area contributed by atoms with E-state index >= 15 is 0 Å². The predicted molar refractivity (Wildman–Crippen MR) is 357 cm³/mol. The third kappa shape index (κ3) is 21.2. The molecule has 2 saturated heterocycles. The van der Waals surface area contributed by atoms with Crippen LogP contribution in [0.4, 0.5) is 31.4 Å². The van der Waals surface area contributed by atoms with E-state index in [2.05, 4.69) is 50.1 Å². The van der Waals surface area contributed by atoms with Gasteiger partial charge < -0.3 is 70.1 Å². The van der Waals surface area contributed by atoms with E-state index in [0.717, 1.165) is 11.1 Å². The number of nitrogens with two attached hydrogens (primary N) is 1. The first kappa shape index (κ1) is 74.4. The van der Waals surface area contributed by atoms with Gasteiger partial charge in [-0.2, -0.15) is 0 Å². The Labute approximate surface area is 563 Å². The van der Waals surface area contributed by atoms with Gasteiger partial charge in [-0.1, -0.05) is 61.9 Å². The van der Waals surface area contributed by atoms with Gasteiger partial charge in [0.05, 0.1) is 87.5 Å². The molecule has 3 aliphatic heterocycles. The van der Waals surface area contributed by atoms with Crippen molar-refractivity contribution in [3.05, 3.63) is 114 Å². The van der Waals surface area contributed by atoms with Crippen molar-refractivity contribution in [3.8, 4) is 23.0 Å². The highest BCUT2D eigenvalue weighted by atomic mass is 16.6. The van der Waals surface area contributed by atoms with E-state index in [-0.39, 0.29) is 141 Å². The van der Waals surface area contributed by atoms with Gasteiger partial charge in [-0.15, -0.1) is 5.10 Å². The molecule has 0 spiro atoms. The summed E-state index contributed by atoms with van der Waals surface area (Å²) in [7, 11) is 2.83. The van der Waals surface area contributed by atoms with Crippen molar-refractivity contribution in [1.29, 1.82) is 0 Å². The minimum Gasteiger partial charge on any atom is -0.493 e. The Morgan fingerprint density at radius 1 is 0.711 bits per heavy atom. The normalized spacial score (nSPS) is 15.9. The number of unbranched alkanes of at least 4 members (excludes halogenated alkanes) is 4. The van der Waals surface area contributed by atoms with E-state index < -0.39 is 65.7 Å². The number of nitrogens with one attached hydrogen (secondary N) is 5. The molecule has 4 atom stereocenters. The number of likely N-dealkylation sites (tertiary alicyclic amines) is 2. The van der Waals surface area contributed by atoms with Gasteiger partial charge in [-0.3, -0.25) is 44.3 Å². The van der Waals surface area contributed by atoms with Gasteiger partial charge in [0.25, 0.3) is 23.6 Å². The van der Waals surface area contributed by atoms with Gasteiger partial charge in [0, 0.05) is 62.6 Å². The van der Waals surface area contributed by atoms with Crippen molar-refractivity contribution in [2.75, 3.05) is 82.8 Å². The van der Waals surface area contributed by atoms with Gasteiger partial charge in [0.2, 0.25) is 11.8 Å². The van der Waals surface area contributed by atoms with E-state index in [1.807, 2.05) is 13.8 Å². The van der Waals surface area contributed by atoms with E-state index in [0.29, 0.717) is 74.7 Å². The molecule has 0 aliphatic carbocycles. The zero-order valence-corrected chi connectivity index (χ0v) is 56.1. The quantitative estimate of drug-likeness (QED) is 0.0128. The molecule has 4 heterocycles. The number of aliphatic hydroxyl groups is 2. The lowest BCUT2D eigenvalue weighted by atomic mass is 10.0. The number of hydrogen-bond acceptors (Lipinski definition) is 19. The van der Waals surface area contributed by atoms with Crippen LogP contribution in [0.5, 0.6) is 23.0 Å². The highest BCUT2D eigenvalue weighted by Crippen LogP contribution is 2.39. The third-order valence-electron chi connectivity index (χ3n) is 16.1. The first-order valence-electron chi connectivity index (χ1n) is 32.3. The van der Waals surface area contributed by atoms with Crippen molar-refractivity contribution < 1.29 is 81.8 Å². The molecule has 524 valence electrons. The van der Waals surface area contributed by atoms with Crippen LogP contribution in [-0.2, 0) is 35.3 Å². The fourth-order valence-electron chi connectivity index (χ4n) is 11.1. The Morgan fingerprint density at radius 2 is 1.26 bits per heavy atom. The second-order valence-electron chi connectivity index (χ2n) is 25.2. The summed E-state index contributed by atoms with van der Waals surface area (Å²) in [6.45, 7) is 17.4. The van der Waals surface area contributed by atoms with E-state index in [9.17, 15) is 53.4 Å². The average Bonchev–Trinajstić information content (AvgIpc) is 1.78. The summed E-state index contributed by atoms with van der Waals surface area (Å²) in [5.74, 6) is -1.61. The van der Waals surface area contributed by atoms with E-state index in [1.165, 1.54) is 70.0 Å². The number of nitrogens with zero attached hydrogens (tertiary/aromatic N) is 6. The molecule has 3 aliphatic rings. The summed E-state index contributed by atoms with van der Waals surface area (Å²) in [4.78, 5) is 122. The van der Waals surface area contributed by atoms with Crippen molar-refractivity contribution >= 4 is 70.7 Å². The standard InChI is InChI=1S/C68H90N12O17/c1-41(2)61(74-58(83)18-12-10-13-26-77-59(84)23-24-60(77)85)52-37-80(76-75-52)53(17-16-25-70-65(69)89)62(86)71-45-21-19-44(20-22-45)40-96-66(90)72-50-33-56(54(92-8)31-48(50)63(87)78-35-42(3)29-46(78)38-81)94-27-14-11-15-28-95-57-34-51(73-67(91)97-68(5,6)7)49(32-55(57)93-9)64(88)79-36-43(4)30-47(79)39-82/h19-24,31-34,37,41,46-47,53,61,81-82H,3-4,10-18,25-30,35-36,38-40H2,1-2,5-9H3,(H,71,86)(H,72,90)(H,73,91)(H,74,83)(H3,69,70,89)/t46-,47-,53+,61+/m1/s1. The second kappa shape index (κ2) is 35.1. The van der Waals surface area contributed by atoms with Crippen LogP contribution in [0.1, 0.15) is 149 Å². The monoisotopic (exact) mass is 1350 g/mol. The molecule has 10 amide bonds. The number of aromatic nitrogens is 3. The highest BCUT2D eigenvalue weighted by molar-refractivity contribution is 6.13. The number of amides is 10. The molecule has 7 rings (SSSR count). The van der Waals surface area contributed by atoms with E-state index in [1.54, 1.807) is 51.2 Å². The number of imide groups is 1. The Kier molecular flexibility index (Phi) is 26.9. The summed E-state index contributed by atoms with van der Waals surface area (Å²) in [6.07, 6.45) is 7.23. The number of rotatable bonds is 34. The number of carbonyl (C=O) groups is 9. The largest absolute Gasteiger partial charge is 0.493 e. The van der Waals surface area contributed by atoms with Gasteiger partial charge in [-0.05, 0) is 114 Å². The fourth-order valence-corrected chi connectivity index (χ4v) is 11.1. The van der Waals surface area contributed by atoms with Crippen molar-refractivity contribution in [2.45, 2.75) is 142 Å². The van der Waals surface area contributed by atoms with E-state index in [4.69, 9.17) is 34.2 Å². The number of anilines is 3. The molecule has 9 N–H and O–H groups in total. The molecule has 29 nitrogen and oxygen atoms in total. The van der Waals surface area contributed by atoms with Crippen LogP contribution < -0.4 is 51.3 Å². The van der Waals surface area contributed by atoms with Crippen molar-refractivity contribution in [3.63, 3.8) is 0 Å². The molecule has 0 radical (unpaired) electrons. The number of benzene rings is 3. The van der Waals surface area contributed by atoms with Crippen LogP contribution in [0.25, 0.3) is 0 Å². The van der Waals surface area contributed by atoms with Crippen LogP contribution in [0.3, 0.4) is 0 Å². The molecule has 97 heavy (non-hydrogen) atoms. The number of aliphatic hydroxyl groups excluding tert-OH is 2. The molecule has 0 bridgehead atoms. The summed E-state index contributed by atoms with van der Waals surface area (Å²) < 4.78 is 36.3. The lowest BCUT2D eigenvalue weighted by molar-refractivity contribution is -0.137. The van der Waals surface area contributed by atoms with Crippen LogP contribution >= 0.6 is 0 Å². The molecule has 0 unspecified atom stereocenters. The highest BCUT2D eigenvalue weighted by Gasteiger charge is 2.36. The fraction of sp³-hybridized carbons (Fsp3) is 0.485. The van der Waals surface area contributed by atoms with Gasteiger partial charge in [-0.25, -0.2) is 19.1 Å². The number of urea groups is 1. The Morgan fingerprint density at radius 3 is 1.77 bits per heavy atom. The number of hydrogen-bond donors (Lipinski definition) is 8. The number of methoxy groups -OCH3 is 2. The zero-order chi connectivity index (χ0) is 70.5. The number of primary amides is 1. The van der Waals surface area contributed by atoms with Crippen molar-refractivity contribution in [2.24, 2.45) is 11.7 Å². The lowest BCUT2D eigenvalue weighted by Crippen LogP contribution is -2.38. The Balaban J connectivity index is 0.964. The number of carbonyl (C=O) groups excluding carboxylic acids is 9. The van der Waals surface area contributed by atoms with Crippen LogP contribution in [0.2, 0.25) is 0 Å². The van der Waals surface area contributed by atoms with Crippen LogP contribution in [-0.4, -0.2) is 178 Å². The van der Waals surface area contributed by atoms with Crippen LogP contribution in [0, 0.1) is 5.92 Å². The maximum absolute atomic E-state index is 14.3. The van der Waals surface area contributed by atoms with Crippen molar-refractivity contribution in [1.82, 2.24) is 40.3 Å². The SMILES string of the molecule is C=C1C[C@H](CO)N(C(=O)c2cc(OC)c(OCCCCCOc3cc(NC(=O)OC(C)(C)C)c(C(=O)N4CC(=C)C[C@@H]4CO)cc3OC)cc2NC(=O)OCc2ccc(NC(=O)[C@H](CCCNC(N)=O)n3cc([C@@H](NC(=O)CCCCCN4C(=O)C=CC4=O)C(C)C)nn3)cc2)C1. The minimum absolute atomic E-state index is 0.0301. The topological polar surface area (TPSA) is 376 Å². The third-order valence-corrected chi connectivity index (χ3v) is 16.1. The smallest absolute Gasteiger partial charge is 0.412 e. The molecular weight excluding hydrogens is 1260 g/mol. The summed E-state index contributed by atoms with van der Waals surface area (Å²) in [6, 6.07) is 9.14. The molecule has 1 aromatic heterocycles. The maximum atomic E-state index is 14.3. The van der Waals surface area contributed by atoms with Gasteiger partial charge >= 0.3 is 18.2 Å². The Bertz CT molecular complexity index is 3530. The molecular formula is C68H90N12O17. The molecule has 2 fully saturated rings. The zero-order valence-electron chi connectivity index (χ0n) is 56.1.